The van der Waals surface area contributed by atoms with Crippen LogP contribution in [-0.2, 0) is 11.2 Å². The van der Waals surface area contributed by atoms with Gasteiger partial charge >= 0.3 is 0 Å². The summed E-state index contributed by atoms with van der Waals surface area (Å²) in [7, 11) is 0. The summed E-state index contributed by atoms with van der Waals surface area (Å²) in [5, 5.41) is 11.5. The fraction of sp³-hybridized carbons (Fsp3) is 0.500. The lowest BCUT2D eigenvalue weighted by Crippen LogP contribution is -2.37. The lowest BCUT2D eigenvalue weighted by Gasteiger charge is -2.24. The summed E-state index contributed by atoms with van der Waals surface area (Å²) in [6, 6.07) is 7.96. The van der Waals surface area contributed by atoms with Crippen LogP contribution in [0.15, 0.2) is 29.4 Å². The van der Waals surface area contributed by atoms with E-state index in [0.717, 1.165) is 5.56 Å². The zero-order valence-corrected chi connectivity index (χ0v) is 13.0. The molecule has 5 nitrogen and oxygen atoms in total. The molecule has 0 radical (unpaired) electrons. The Hall–Kier alpha value is -2.04. The molecule has 0 saturated heterocycles. The van der Waals surface area contributed by atoms with Gasteiger partial charge in [0.25, 0.3) is 0 Å². The summed E-state index contributed by atoms with van der Waals surface area (Å²) in [6.45, 7) is 7.29. The van der Waals surface area contributed by atoms with Crippen molar-refractivity contribution in [2.24, 2.45) is 16.8 Å². The van der Waals surface area contributed by atoms with Crippen molar-refractivity contribution in [2.75, 3.05) is 13.1 Å². The largest absolute Gasteiger partial charge is 0.409 e. The van der Waals surface area contributed by atoms with E-state index in [1.54, 1.807) is 4.90 Å². The summed E-state index contributed by atoms with van der Waals surface area (Å²) in [5.41, 5.74) is 7.66. The Kier molecular flexibility index (Phi) is 6.72. The van der Waals surface area contributed by atoms with Gasteiger partial charge in [-0.15, -0.1) is 0 Å². The van der Waals surface area contributed by atoms with Crippen LogP contribution in [0.4, 0.5) is 0 Å². The predicted octanol–water partition coefficient (Wildman–Crippen LogP) is 2.16. The topological polar surface area (TPSA) is 78.9 Å². The van der Waals surface area contributed by atoms with Crippen molar-refractivity contribution < 1.29 is 10.0 Å². The maximum absolute atomic E-state index is 12.4. The molecule has 0 saturated carbocycles. The van der Waals surface area contributed by atoms with Crippen LogP contribution in [0.2, 0.25) is 0 Å². The zero-order chi connectivity index (χ0) is 15.8. The van der Waals surface area contributed by atoms with Gasteiger partial charge in [0.15, 0.2) is 0 Å². The van der Waals surface area contributed by atoms with Gasteiger partial charge < -0.3 is 15.8 Å². The first-order valence-electron chi connectivity index (χ1n) is 7.22. The number of nitrogens with two attached hydrogens (primary N) is 1. The molecule has 0 spiro atoms. The van der Waals surface area contributed by atoms with E-state index in [2.05, 4.69) is 19.0 Å². The fourth-order valence-corrected chi connectivity index (χ4v) is 2.05. The van der Waals surface area contributed by atoms with Crippen LogP contribution in [0, 0.1) is 12.8 Å². The monoisotopic (exact) mass is 291 g/mol. The minimum absolute atomic E-state index is 0.0679. The Bertz CT molecular complexity index is 481. The highest BCUT2D eigenvalue weighted by Gasteiger charge is 2.15. The van der Waals surface area contributed by atoms with Crippen LogP contribution in [0.25, 0.3) is 0 Å². The SMILES string of the molecule is Cc1ccc(CC(=O)N(CCC(N)=NO)CC(C)C)cc1. The lowest BCUT2D eigenvalue weighted by atomic mass is 10.1. The average molecular weight is 291 g/mol. The van der Waals surface area contributed by atoms with Gasteiger partial charge in [0.1, 0.15) is 5.84 Å². The van der Waals surface area contributed by atoms with E-state index in [9.17, 15) is 4.79 Å². The van der Waals surface area contributed by atoms with E-state index in [0.29, 0.717) is 31.8 Å². The van der Waals surface area contributed by atoms with Crippen molar-refractivity contribution in [1.82, 2.24) is 4.90 Å². The highest BCUT2D eigenvalue weighted by atomic mass is 16.4. The van der Waals surface area contributed by atoms with Crippen LogP contribution in [-0.4, -0.2) is 34.9 Å². The molecule has 0 unspecified atom stereocenters. The van der Waals surface area contributed by atoms with Crippen LogP contribution < -0.4 is 5.73 Å². The van der Waals surface area contributed by atoms with E-state index in [1.807, 2.05) is 31.2 Å². The normalized spacial score (nSPS) is 11.7. The summed E-state index contributed by atoms with van der Waals surface area (Å²) in [5.74, 6) is 0.587. The Morgan fingerprint density at radius 2 is 1.95 bits per heavy atom. The Labute approximate surface area is 126 Å². The number of amides is 1. The van der Waals surface area contributed by atoms with Crippen molar-refractivity contribution in [1.29, 1.82) is 0 Å². The second kappa shape index (κ2) is 8.29. The molecule has 1 amide bonds. The molecule has 0 aliphatic rings. The molecule has 0 aliphatic heterocycles. The molecule has 0 atom stereocenters. The maximum Gasteiger partial charge on any atom is 0.227 e. The number of hydrogen-bond acceptors (Lipinski definition) is 3. The van der Waals surface area contributed by atoms with Gasteiger partial charge in [-0.1, -0.05) is 48.8 Å². The third-order valence-electron chi connectivity index (χ3n) is 3.18. The summed E-state index contributed by atoms with van der Waals surface area (Å²) in [4.78, 5) is 14.2. The highest BCUT2D eigenvalue weighted by molar-refractivity contribution is 5.82. The molecule has 1 rings (SSSR count). The van der Waals surface area contributed by atoms with Gasteiger partial charge in [0, 0.05) is 19.5 Å². The number of aryl methyl sites for hydroxylation is 1. The molecule has 5 heteroatoms. The molecule has 0 fully saturated rings. The van der Waals surface area contributed by atoms with Crippen LogP contribution in [0.3, 0.4) is 0 Å². The molecule has 116 valence electrons. The summed E-state index contributed by atoms with van der Waals surface area (Å²) < 4.78 is 0. The Morgan fingerprint density at radius 3 is 2.48 bits per heavy atom. The maximum atomic E-state index is 12.4. The number of oxime groups is 1. The van der Waals surface area contributed by atoms with Crippen molar-refractivity contribution in [3.05, 3.63) is 35.4 Å². The number of rotatable bonds is 7. The van der Waals surface area contributed by atoms with Crippen molar-refractivity contribution in [2.45, 2.75) is 33.6 Å². The molecule has 3 N–H and O–H groups in total. The smallest absolute Gasteiger partial charge is 0.227 e. The van der Waals surface area contributed by atoms with Gasteiger partial charge in [-0.05, 0) is 18.4 Å². The van der Waals surface area contributed by atoms with E-state index in [-0.39, 0.29) is 11.7 Å². The second-order valence-electron chi connectivity index (χ2n) is 5.74. The lowest BCUT2D eigenvalue weighted by molar-refractivity contribution is -0.130. The van der Waals surface area contributed by atoms with E-state index in [4.69, 9.17) is 10.9 Å². The molecule has 0 aromatic heterocycles. The molecule has 1 aromatic rings. The van der Waals surface area contributed by atoms with Crippen LogP contribution >= 0.6 is 0 Å². The molecular formula is C16H25N3O2. The standard InChI is InChI=1S/C16H25N3O2/c1-12(2)11-19(9-8-15(17)18-21)16(20)10-14-6-4-13(3)5-7-14/h4-7,12,21H,8-11H2,1-3H3,(H2,17,18). The Balaban J connectivity index is 2.67. The fourth-order valence-electron chi connectivity index (χ4n) is 2.05. The third-order valence-corrected chi connectivity index (χ3v) is 3.18. The van der Waals surface area contributed by atoms with Gasteiger partial charge in [-0.25, -0.2) is 0 Å². The van der Waals surface area contributed by atoms with E-state index >= 15 is 0 Å². The first-order chi connectivity index (χ1) is 9.92. The minimum Gasteiger partial charge on any atom is -0.409 e. The van der Waals surface area contributed by atoms with E-state index in [1.165, 1.54) is 5.56 Å². The van der Waals surface area contributed by atoms with Gasteiger partial charge in [0.2, 0.25) is 5.91 Å². The van der Waals surface area contributed by atoms with Gasteiger partial charge in [0.05, 0.1) is 6.42 Å². The first-order valence-corrected chi connectivity index (χ1v) is 7.22. The quantitative estimate of drug-likeness (QED) is 0.350. The second-order valence-corrected chi connectivity index (χ2v) is 5.74. The Morgan fingerprint density at radius 1 is 1.33 bits per heavy atom. The summed E-state index contributed by atoms with van der Waals surface area (Å²) >= 11 is 0. The number of hydrogen-bond donors (Lipinski definition) is 2. The molecule has 1 aromatic carbocycles. The highest BCUT2D eigenvalue weighted by Crippen LogP contribution is 2.08. The van der Waals surface area contributed by atoms with Gasteiger partial charge in [-0.2, -0.15) is 0 Å². The molecule has 0 aliphatic carbocycles. The van der Waals surface area contributed by atoms with Gasteiger partial charge in [-0.3, -0.25) is 4.79 Å². The number of amidine groups is 1. The van der Waals surface area contributed by atoms with Crippen LogP contribution in [0.5, 0.6) is 0 Å². The third kappa shape index (κ3) is 6.29. The number of benzene rings is 1. The molecule has 0 bridgehead atoms. The van der Waals surface area contributed by atoms with Crippen LogP contribution in [0.1, 0.15) is 31.4 Å². The molecule has 0 heterocycles. The minimum atomic E-state index is 0.0679. The summed E-state index contributed by atoms with van der Waals surface area (Å²) in [6.07, 6.45) is 0.756. The van der Waals surface area contributed by atoms with E-state index < -0.39 is 0 Å². The number of carbonyl (C=O) groups excluding carboxylic acids is 1. The number of carbonyl (C=O) groups is 1. The number of nitrogens with zero attached hydrogens (tertiary/aromatic N) is 2. The first kappa shape index (κ1) is 17.0. The zero-order valence-electron chi connectivity index (χ0n) is 13.0. The average Bonchev–Trinajstić information content (AvgIpc) is 2.45. The van der Waals surface area contributed by atoms with Crippen molar-refractivity contribution in [3.8, 4) is 0 Å². The molecule has 21 heavy (non-hydrogen) atoms. The molecular weight excluding hydrogens is 266 g/mol. The predicted molar refractivity (Wildman–Crippen MR) is 84.3 cm³/mol. The van der Waals surface area contributed by atoms with Crippen molar-refractivity contribution in [3.63, 3.8) is 0 Å². The van der Waals surface area contributed by atoms with Crippen molar-refractivity contribution >= 4 is 11.7 Å².